The van der Waals surface area contributed by atoms with Crippen LogP contribution in [0.2, 0.25) is 5.02 Å². The highest BCUT2D eigenvalue weighted by Gasteiger charge is 2.32. The van der Waals surface area contributed by atoms with Crippen LogP contribution in [-0.4, -0.2) is 19.5 Å². The number of carboxylic acid groups (broad SMARTS) is 1. The molecule has 0 aliphatic heterocycles. The minimum absolute atomic E-state index is 0.0113. The minimum Gasteiger partial charge on any atom is -0.478 e. The van der Waals surface area contributed by atoms with E-state index in [9.17, 15) is 23.6 Å². The number of nitrogens with one attached hydrogen (secondary N) is 1. The van der Waals surface area contributed by atoms with E-state index in [4.69, 9.17) is 11.6 Å². The van der Waals surface area contributed by atoms with Gasteiger partial charge >= 0.3 is 5.97 Å². The highest BCUT2D eigenvalue weighted by Crippen LogP contribution is 2.44. The Morgan fingerprint density at radius 2 is 1.84 bits per heavy atom. The molecule has 0 atom stereocenters. The predicted octanol–water partition coefficient (Wildman–Crippen LogP) is 5.39. The predicted molar refractivity (Wildman–Crippen MR) is 118 cm³/mol. The molecule has 0 saturated heterocycles. The number of hydrogen-bond acceptors (Lipinski definition) is 4. The van der Waals surface area contributed by atoms with Crippen molar-refractivity contribution in [1.29, 1.82) is 5.26 Å². The molecule has 162 valence electrons. The first kappa shape index (κ1) is 21.8. The van der Waals surface area contributed by atoms with Gasteiger partial charge in [-0.25, -0.2) is 17.6 Å². The summed E-state index contributed by atoms with van der Waals surface area (Å²) in [4.78, 5) is 11.2. The van der Waals surface area contributed by atoms with E-state index in [0.717, 1.165) is 18.9 Å². The molecule has 0 aromatic heterocycles. The summed E-state index contributed by atoms with van der Waals surface area (Å²) in [5, 5.41) is 18.5. The third kappa shape index (κ3) is 4.05. The van der Waals surface area contributed by atoms with Crippen LogP contribution >= 0.6 is 11.6 Å². The smallest absolute Gasteiger partial charge is 0.335 e. The largest absolute Gasteiger partial charge is 0.478 e. The van der Waals surface area contributed by atoms with E-state index in [1.807, 2.05) is 0 Å². The fourth-order valence-corrected chi connectivity index (χ4v) is 5.13. The number of sulfonamides is 1. The van der Waals surface area contributed by atoms with Gasteiger partial charge in [-0.1, -0.05) is 48.0 Å². The first-order valence-electron chi connectivity index (χ1n) is 9.60. The molecule has 1 fully saturated rings. The molecule has 1 aliphatic rings. The Hall–Kier alpha value is -3.41. The highest BCUT2D eigenvalue weighted by molar-refractivity contribution is 7.92. The Bertz CT molecular complexity index is 1380. The fourth-order valence-electron chi connectivity index (χ4n) is 3.49. The number of aromatic carboxylic acids is 1. The van der Waals surface area contributed by atoms with Gasteiger partial charge in [0.15, 0.2) is 5.82 Å². The molecular weight excluding hydrogens is 455 g/mol. The van der Waals surface area contributed by atoms with Gasteiger partial charge in [-0.2, -0.15) is 5.26 Å². The van der Waals surface area contributed by atoms with Gasteiger partial charge in [0.2, 0.25) is 0 Å². The summed E-state index contributed by atoms with van der Waals surface area (Å²) in [7, 11) is -4.40. The Kier molecular flexibility index (Phi) is 5.63. The summed E-state index contributed by atoms with van der Waals surface area (Å²) in [6.45, 7) is 0. The molecule has 6 nitrogen and oxygen atoms in total. The lowest BCUT2D eigenvalue weighted by Gasteiger charge is -2.17. The zero-order valence-corrected chi connectivity index (χ0v) is 18.0. The molecule has 3 aromatic carbocycles. The third-order valence-electron chi connectivity index (χ3n) is 5.22. The van der Waals surface area contributed by atoms with Crippen molar-refractivity contribution in [1.82, 2.24) is 0 Å². The second-order valence-corrected chi connectivity index (χ2v) is 9.44. The number of carboxylic acids is 1. The lowest BCUT2D eigenvalue weighted by Crippen LogP contribution is -2.18. The van der Waals surface area contributed by atoms with Gasteiger partial charge in [0.25, 0.3) is 10.0 Å². The number of halogens is 2. The van der Waals surface area contributed by atoms with Gasteiger partial charge in [-0.15, -0.1) is 0 Å². The van der Waals surface area contributed by atoms with Crippen molar-refractivity contribution in [2.45, 2.75) is 23.7 Å². The van der Waals surface area contributed by atoms with Crippen LogP contribution in [-0.2, 0) is 10.0 Å². The summed E-state index contributed by atoms with van der Waals surface area (Å²) in [5.74, 6) is -2.40. The maximum atomic E-state index is 15.3. The van der Waals surface area contributed by atoms with Crippen LogP contribution in [0.1, 0.15) is 40.2 Å². The summed E-state index contributed by atoms with van der Waals surface area (Å²) < 4.78 is 44.3. The molecule has 1 saturated carbocycles. The SMILES string of the molecule is N#Cc1c(Cl)cc(-c2ccccc2)c(NS(=O)(=O)c2cc(C(=O)O)ccc2C2CC2)c1F. The Labute approximate surface area is 188 Å². The molecule has 2 N–H and O–H groups in total. The molecule has 0 bridgehead atoms. The first-order valence-corrected chi connectivity index (χ1v) is 11.5. The number of benzene rings is 3. The number of carbonyl (C=O) groups is 1. The second kappa shape index (κ2) is 8.26. The monoisotopic (exact) mass is 470 g/mol. The van der Waals surface area contributed by atoms with Crippen molar-refractivity contribution in [3.63, 3.8) is 0 Å². The van der Waals surface area contributed by atoms with Crippen molar-refractivity contribution in [3.8, 4) is 17.2 Å². The van der Waals surface area contributed by atoms with Crippen LogP contribution in [0.4, 0.5) is 10.1 Å². The zero-order chi connectivity index (χ0) is 23.0. The maximum Gasteiger partial charge on any atom is 0.335 e. The first-order chi connectivity index (χ1) is 15.2. The second-order valence-electron chi connectivity index (χ2n) is 7.39. The molecule has 1 aliphatic carbocycles. The lowest BCUT2D eigenvalue weighted by atomic mass is 10.0. The van der Waals surface area contributed by atoms with Crippen molar-refractivity contribution in [2.24, 2.45) is 0 Å². The van der Waals surface area contributed by atoms with Crippen LogP contribution in [0.5, 0.6) is 0 Å². The van der Waals surface area contributed by atoms with Crippen molar-refractivity contribution in [3.05, 3.63) is 82.1 Å². The van der Waals surface area contributed by atoms with Crippen molar-refractivity contribution >= 4 is 33.3 Å². The van der Waals surface area contributed by atoms with Crippen LogP contribution in [0.15, 0.2) is 59.5 Å². The number of nitrogens with zero attached hydrogens (tertiary/aromatic N) is 1. The van der Waals surface area contributed by atoms with Gasteiger partial charge in [0, 0.05) is 5.56 Å². The normalized spacial score (nSPS) is 13.4. The Balaban J connectivity index is 1.90. The van der Waals surface area contributed by atoms with E-state index in [-0.39, 0.29) is 27.0 Å². The molecule has 0 radical (unpaired) electrons. The number of anilines is 1. The van der Waals surface area contributed by atoms with Crippen molar-refractivity contribution in [2.75, 3.05) is 4.72 Å². The zero-order valence-electron chi connectivity index (χ0n) is 16.5. The number of nitriles is 1. The molecule has 0 amide bonds. The van der Waals surface area contributed by atoms with Crippen molar-refractivity contribution < 1.29 is 22.7 Å². The van der Waals surface area contributed by atoms with E-state index in [1.165, 1.54) is 18.2 Å². The van der Waals surface area contributed by atoms with E-state index >= 15 is 4.39 Å². The standard InChI is InChI=1S/C23H16ClFN2O4S/c24-19-11-17(13-4-2-1-3-5-13)22(21(25)18(19)12-26)27-32(30,31)20-10-15(23(28)29)8-9-16(20)14-6-7-14/h1-5,8-11,14,27H,6-7H2,(H,28,29). The number of rotatable bonds is 6. The Morgan fingerprint density at radius 3 is 2.44 bits per heavy atom. The number of hydrogen-bond donors (Lipinski definition) is 2. The molecular formula is C23H16ClFN2O4S. The molecule has 3 aromatic rings. The Morgan fingerprint density at radius 1 is 1.16 bits per heavy atom. The van der Waals surface area contributed by atoms with E-state index < -0.39 is 33.1 Å². The molecule has 0 unspecified atom stereocenters. The van der Waals surface area contributed by atoms with Gasteiger partial charge in [-0.05, 0) is 48.1 Å². The van der Waals surface area contributed by atoms with E-state index in [1.54, 1.807) is 36.4 Å². The molecule has 32 heavy (non-hydrogen) atoms. The van der Waals surface area contributed by atoms with Gasteiger partial charge in [0.05, 0.1) is 21.2 Å². The van der Waals surface area contributed by atoms with Crippen LogP contribution < -0.4 is 4.72 Å². The summed E-state index contributed by atoms with van der Waals surface area (Å²) in [5.41, 5.74) is -0.0217. The van der Waals surface area contributed by atoms with Crippen LogP contribution in [0.25, 0.3) is 11.1 Å². The average Bonchev–Trinajstić information content (AvgIpc) is 3.61. The van der Waals surface area contributed by atoms with Gasteiger partial charge in [-0.3, -0.25) is 4.72 Å². The minimum atomic E-state index is -4.40. The lowest BCUT2D eigenvalue weighted by molar-refractivity contribution is 0.0696. The summed E-state index contributed by atoms with van der Waals surface area (Å²) in [6.07, 6.45) is 1.55. The quantitative estimate of drug-likeness (QED) is 0.502. The fraction of sp³-hybridized carbons (Fsp3) is 0.130. The van der Waals surface area contributed by atoms with Gasteiger partial charge < -0.3 is 5.11 Å². The summed E-state index contributed by atoms with van der Waals surface area (Å²) >= 11 is 6.07. The highest BCUT2D eigenvalue weighted by atomic mass is 35.5. The third-order valence-corrected chi connectivity index (χ3v) is 6.92. The van der Waals surface area contributed by atoms with E-state index in [2.05, 4.69) is 4.72 Å². The van der Waals surface area contributed by atoms with E-state index in [0.29, 0.717) is 11.1 Å². The molecule has 0 spiro atoms. The summed E-state index contributed by atoms with van der Waals surface area (Å²) in [6, 6.07) is 15.3. The average molecular weight is 471 g/mol. The maximum absolute atomic E-state index is 15.3. The topological polar surface area (TPSA) is 107 Å². The van der Waals surface area contributed by atoms with Crippen LogP contribution in [0, 0.1) is 17.1 Å². The van der Waals surface area contributed by atoms with Gasteiger partial charge in [0.1, 0.15) is 11.6 Å². The molecule has 0 heterocycles. The van der Waals surface area contributed by atoms with Crippen LogP contribution in [0.3, 0.4) is 0 Å². The molecule has 4 rings (SSSR count). The molecule has 9 heteroatoms.